The molecule has 0 unspecified atom stereocenters. The van der Waals surface area contributed by atoms with Crippen LogP contribution in [0.2, 0.25) is 0 Å². The first-order valence-corrected chi connectivity index (χ1v) is 6.75. The van der Waals surface area contributed by atoms with Gasteiger partial charge < -0.3 is 9.64 Å². The molecule has 0 N–H and O–H groups in total. The molecule has 1 aliphatic heterocycles. The van der Waals surface area contributed by atoms with Crippen LogP contribution in [0.3, 0.4) is 0 Å². The van der Waals surface area contributed by atoms with Crippen LogP contribution in [0.4, 0.5) is 0 Å². The van der Waals surface area contributed by atoms with Crippen LogP contribution in [-0.4, -0.2) is 70.9 Å². The first-order valence-electron chi connectivity index (χ1n) is 6.02. The number of ether oxygens (including phenoxy) is 1. The number of piperazine rings is 1. The summed E-state index contributed by atoms with van der Waals surface area (Å²) in [5.41, 5.74) is 1.23. The van der Waals surface area contributed by atoms with E-state index < -0.39 is 0 Å². The molecule has 0 aromatic carbocycles. The molecule has 18 heavy (non-hydrogen) atoms. The third-order valence-electron chi connectivity index (χ3n) is 3.13. The minimum absolute atomic E-state index is 0.00708. The van der Waals surface area contributed by atoms with Crippen molar-refractivity contribution in [2.45, 2.75) is 6.92 Å². The maximum atomic E-state index is 12.2. The molecule has 0 aliphatic carbocycles. The first-order chi connectivity index (χ1) is 8.72. The van der Waals surface area contributed by atoms with Crippen molar-refractivity contribution in [2.24, 2.45) is 0 Å². The number of rotatable bonds is 4. The molecule has 1 saturated heterocycles. The van der Waals surface area contributed by atoms with Crippen molar-refractivity contribution in [2.75, 3.05) is 46.4 Å². The van der Waals surface area contributed by atoms with Gasteiger partial charge in [-0.15, -0.1) is 0 Å². The predicted molar refractivity (Wildman–Crippen MR) is 68.9 cm³/mol. The number of amides is 1. The monoisotopic (exact) mass is 270 g/mol. The molecule has 1 fully saturated rings. The summed E-state index contributed by atoms with van der Waals surface area (Å²) in [5, 5.41) is 0. The average Bonchev–Trinajstić information content (AvgIpc) is 2.82. The zero-order valence-electron chi connectivity index (χ0n) is 10.8. The Labute approximate surface area is 111 Å². The number of hydrogen-bond acceptors (Lipinski definition) is 6. The summed E-state index contributed by atoms with van der Waals surface area (Å²) in [6, 6.07) is 0. The smallest absolute Gasteiger partial charge is 0.275 e. The fourth-order valence-corrected chi connectivity index (χ4v) is 2.51. The van der Waals surface area contributed by atoms with Gasteiger partial charge in [-0.1, -0.05) is 0 Å². The standard InChI is InChI=1S/C11H18N4O2S/c1-9-10(13-18-12-9)11(16)15-5-3-14(4-6-15)7-8-17-2/h3-8H2,1-2H3. The molecular weight excluding hydrogens is 252 g/mol. The zero-order valence-corrected chi connectivity index (χ0v) is 11.6. The lowest BCUT2D eigenvalue weighted by molar-refractivity contribution is 0.0589. The fourth-order valence-electron chi connectivity index (χ4n) is 1.97. The Morgan fingerprint density at radius 3 is 2.61 bits per heavy atom. The Morgan fingerprint density at radius 1 is 1.33 bits per heavy atom. The molecule has 2 heterocycles. The van der Waals surface area contributed by atoms with Gasteiger partial charge in [0.15, 0.2) is 5.69 Å². The predicted octanol–water partition coefficient (Wildman–Crippen LogP) is 0.251. The maximum absolute atomic E-state index is 12.2. The van der Waals surface area contributed by atoms with Crippen LogP contribution in [0, 0.1) is 6.92 Å². The van der Waals surface area contributed by atoms with E-state index in [1.54, 1.807) is 7.11 Å². The van der Waals surface area contributed by atoms with Crippen molar-refractivity contribution >= 4 is 17.6 Å². The Hall–Kier alpha value is -1.05. The van der Waals surface area contributed by atoms with Gasteiger partial charge in [0.1, 0.15) is 0 Å². The Kier molecular flexibility index (Phi) is 4.62. The molecule has 2 rings (SSSR count). The van der Waals surface area contributed by atoms with Crippen LogP contribution in [0.1, 0.15) is 16.2 Å². The van der Waals surface area contributed by atoms with Gasteiger partial charge in [0.25, 0.3) is 5.91 Å². The topological polar surface area (TPSA) is 58.6 Å². The number of aromatic nitrogens is 2. The maximum Gasteiger partial charge on any atom is 0.275 e. The minimum atomic E-state index is 0.00708. The average molecular weight is 270 g/mol. The highest BCUT2D eigenvalue weighted by Crippen LogP contribution is 2.10. The summed E-state index contributed by atoms with van der Waals surface area (Å²) in [5.74, 6) is 0.00708. The van der Waals surface area contributed by atoms with E-state index in [0.29, 0.717) is 5.69 Å². The normalized spacial score (nSPS) is 17.1. The zero-order chi connectivity index (χ0) is 13.0. The molecule has 7 heteroatoms. The third-order valence-corrected chi connectivity index (χ3v) is 3.75. The van der Waals surface area contributed by atoms with Crippen molar-refractivity contribution < 1.29 is 9.53 Å². The van der Waals surface area contributed by atoms with Gasteiger partial charge in [-0.2, -0.15) is 8.75 Å². The number of carbonyl (C=O) groups excluding carboxylic acids is 1. The lowest BCUT2D eigenvalue weighted by Gasteiger charge is -2.34. The SMILES string of the molecule is COCCN1CCN(C(=O)c2nsnc2C)CC1. The molecule has 1 amide bonds. The number of nitrogens with zero attached hydrogens (tertiary/aromatic N) is 4. The van der Waals surface area contributed by atoms with Gasteiger partial charge in [0.05, 0.1) is 24.0 Å². The number of hydrogen-bond donors (Lipinski definition) is 0. The molecule has 0 bridgehead atoms. The molecule has 0 spiro atoms. The van der Waals surface area contributed by atoms with Crippen molar-refractivity contribution in [3.63, 3.8) is 0 Å². The van der Waals surface area contributed by atoms with Gasteiger partial charge >= 0.3 is 0 Å². The Morgan fingerprint density at radius 2 is 2.06 bits per heavy atom. The number of methoxy groups -OCH3 is 1. The van der Waals surface area contributed by atoms with Crippen molar-refractivity contribution in [3.05, 3.63) is 11.4 Å². The van der Waals surface area contributed by atoms with E-state index in [1.165, 1.54) is 0 Å². The highest BCUT2D eigenvalue weighted by molar-refractivity contribution is 6.99. The summed E-state index contributed by atoms with van der Waals surface area (Å²) >= 11 is 1.10. The van der Waals surface area contributed by atoms with E-state index in [2.05, 4.69) is 13.6 Å². The molecular formula is C11H18N4O2S. The largest absolute Gasteiger partial charge is 0.383 e. The molecule has 0 saturated carbocycles. The van der Waals surface area contributed by atoms with Crippen LogP contribution in [0.15, 0.2) is 0 Å². The Bertz CT molecular complexity index is 402. The highest BCUT2D eigenvalue weighted by Gasteiger charge is 2.24. The lowest BCUT2D eigenvalue weighted by atomic mass is 10.2. The van der Waals surface area contributed by atoms with E-state index in [9.17, 15) is 4.79 Å². The summed E-state index contributed by atoms with van der Waals surface area (Å²) in [6.45, 7) is 6.78. The van der Waals surface area contributed by atoms with Crippen molar-refractivity contribution in [1.82, 2.24) is 18.5 Å². The van der Waals surface area contributed by atoms with Gasteiger partial charge in [0, 0.05) is 39.8 Å². The third kappa shape index (κ3) is 3.04. The summed E-state index contributed by atoms with van der Waals surface area (Å²) in [7, 11) is 1.71. The fraction of sp³-hybridized carbons (Fsp3) is 0.727. The highest BCUT2D eigenvalue weighted by atomic mass is 32.1. The second kappa shape index (κ2) is 6.21. The van der Waals surface area contributed by atoms with E-state index >= 15 is 0 Å². The van der Waals surface area contributed by atoms with E-state index in [4.69, 9.17) is 4.74 Å². The summed E-state index contributed by atoms with van der Waals surface area (Å²) in [6.07, 6.45) is 0. The van der Waals surface area contributed by atoms with Crippen LogP contribution in [0.25, 0.3) is 0 Å². The molecule has 0 radical (unpaired) electrons. The van der Waals surface area contributed by atoms with Crippen LogP contribution >= 0.6 is 11.7 Å². The molecule has 0 atom stereocenters. The van der Waals surface area contributed by atoms with E-state index in [0.717, 1.165) is 56.8 Å². The quantitative estimate of drug-likeness (QED) is 0.785. The van der Waals surface area contributed by atoms with Crippen molar-refractivity contribution in [3.8, 4) is 0 Å². The second-order valence-electron chi connectivity index (χ2n) is 4.32. The van der Waals surface area contributed by atoms with Crippen LogP contribution in [0.5, 0.6) is 0 Å². The Balaban J connectivity index is 1.86. The van der Waals surface area contributed by atoms with Crippen LogP contribution < -0.4 is 0 Å². The van der Waals surface area contributed by atoms with Gasteiger partial charge in [0.2, 0.25) is 0 Å². The molecule has 1 aromatic rings. The molecule has 6 nitrogen and oxygen atoms in total. The van der Waals surface area contributed by atoms with Gasteiger partial charge in [-0.25, -0.2) is 0 Å². The lowest BCUT2D eigenvalue weighted by Crippen LogP contribution is -2.49. The minimum Gasteiger partial charge on any atom is -0.383 e. The molecule has 1 aromatic heterocycles. The van der Waals surface area contributed by atoms with Crippen LogP contribution in [-0.2, 0) is 4.74 Å². The summed E-state index contributed by atoms with van der Waals surface area (Å²) < 4.78 is 13.2. The first kappa shape index (κ1) is 13.4. The van der Waals surface area contributed by atoms with E-state index in [-0.39, 0.29) is 5.91 Å². The second-order valence-corrected chi connectivity index (χ2v) is 4.85. The number of aryl methyl sites for hydroxylation is 1. The summed E-state index contributed by atoms with van der Waals surface area (Å²) in [4.78, 5) is 16.3. The molecule has 1 aliphatic rings. The molecule has 100 valence electrons. The number of carbonyl (C=O) groups is 1. The van der Waals surface area contributed by atoms with Crippen molar-refractivity contribution in [1.29, 1.82) is 0 Å². The van der Waals surface area contributed by atoms with E-state index in [1.807, 2.05) is 11.8 Å². The van der Waals surface area contributed by atoms with Gasteiger partial charge in [-0.3, -0.25) is 9.69 Å². The van der Waals surface area contributed by atoms with Gasteiger partial charge in [-0.05, 0) is 6.92 Å².